The first-order chi connectivity index (χ1) is 8.56. The number of aryl methyl sites for hydroxylation is 2. The number of nitrogens with two attached hydrogens (primary N) is 1. The van der Waals surface area contributed by atoms with Crippen LogP contribution in [0.2, 0.25) is 0 Å². The molecule has 0 bridgehead atoms. The Morgan fingerprint density at radius 1 is 1.11 bits per heavy atom. The molecule has 0 heterocycles. The molecule has 2 nitrogen and oxygen atoms in total. The third-order valence-electron chi connectivity index (χ3n) is 2.85. The fourth-order valence-electron chi connectivity index (χ4n) is 1.81. The van der Waals surface area contributed by atoms with Crippen molar-refractivity contribution in [2.75, 3.05) is 5.73 Å². The fourth-order valence-corrected chi connectivity index (χ4v) is 1.81. The number of ether oxygens (including phenoxy) is 1. The predicted octanol–water partition coefficient (Wildman–Crippen LogP) is 3.60. The summed E-state index contributed by atoms with van der Waals surface area (Å²) in [5.74, 6) is 0.155. The van der Waals surface area contributed by atoms with Crippen molar-refractivity contribution in [1.29, 1.82) is 0 Å². The van der Waals surface area contributed by atoms with Gasteiger partial charge in [0.05, 0.1) is 5.69 Å². The summed E-state index contributed by atoms with van der Waals surface area (Å²) < 4.78 is 18.5. The molecule has 0 radical (unpaired) electrons. The smallest absolute Gasteiger partial charge is 0.142 e. The van der Waals surface area contributed by atoms with Crippen molar-refractivity contribution in [3.05, 3.63) is 58.9 Å². The van der Waals surface area contributed by atoms with Gasteiger partial charge >= 0.3 is 0 Å². The molecule has 2 rings (SSSR count). The van der Waals surface area contributed by atoms with Crippen molar-refractivity contribution < 1.29 is 9.13 Å². The van der Waals surface area contributed by atoms with Crippen LogP contribution in [0.25, 0.3) is 0 Å². The van der Waals surface area contributed by atoms with Crippen molar-refractivity contribution in [1.82, 2.24) is 0 Å². The second-order valence-electron chi connectivity index (χ2n) is 4.40. The predicted molar refractivity (Wildman–Crippen MR) is 71.1 cm³/mol. The van der Waals surface area contributed by atoms with E-state index in [0.717, 1.165) is 5.56 Å². The van der Waals surface area contributed by atoms with Gasteiger partial charge in [-0.25, -0.2) is 4.39 Å². The van der Waals surface area contributed by atoms with E-state index in [2.05, 4.69) is 13.0 Å². The summed E-state index contributed by atoms with van der Waals surface area (Å²) in [5, 5.41) is 0. The van der Waals surface area contributed by atoms with E-state index in [9.17, 15) is 4.39 Å². The van der Waals surface area contributed by atoms with Gasteiger partial charge < -0.3 is 10.5 Å². The molecule has 0 aliphatic rings. The highest BCUT2D eigenvalue weighted by Gasteiger charge is 2.04. The maximum atomic E-state index is 12.9. The zero-order valence-electron chi connectivity index (χ0n) is 10.5. The van der Waals surface area contributed by atoms with Crippen LogP contribution in [0.15, 0.2) is 36.4 Å². The largest absolute Gasteiger partial charge is 0.487 e. The van der Waals surface area contributed by atoms with Crippen molar-refractivity contribution >= 4 is 5.69 Å². The van der Waals surface area contributed by atoms with Crippen molar-refractivity contribution in [2.45, 2.75) is 20.5 Å². The molecular weight excluding hydrogens is 229 g/mol. The molecule has 0 aliphatic heterocycles. The molecule has 0 atom stereocenters. The van der Waals surface area contributed by atoms with Gasteiger partial charge in [-0.1, -0.05) is 23.8 Å². The first-order valence-corrected chi connectivity index (χ1v) is 5.80. The number of benzene rings is 2. The second-order valence-corrected chi connectivity index (χ2v) is 4.40. The number of nitrogen functional groups attached to an aromatic ring is 1. The fraction of sp³-hybridized carbons (Fsp3) is 0.200. The molecule has 0 saturated heterocycles. The van der Waals surface area contributed by atoms with Gasteiger partial charge in [0.2, 0.25) is 0 Å². The van der Waals surface area contributed by atoms with Gasteiger partial charge in [0.15, 0.2) is 0 Å². The van der Waals surface area contributed by atoms with Gasteiger partial charge in [-0.15, -0.1) is 0 Å². The van der Waals surface area contributed by atoms with Gasteiger partial charge in [0.1, 0.15) is 18.2 Å². The van der Waals surface area contributed by atoms with E-state index in [1.165, 1.54) is 23.3 Å². The molecule has 0 aromatic heterocycles. The Kier molecular flexibility index (Phi) is 3.51. The molecule has 0 spiro atoms. The number of halogens is 1. The summed E-state index contributed by atoms with van der Waals surface area (Å²) >= 11 is 0. The topological polar surface area (TPSA) is 35.2 Å². The van der Waals surface area contributed by atoms with Crippen LogP contribution in [0.5, 0.6) is 5.75 Å². The van der Waals surface area contributed by atoms with Crippen LogP contribution in [0, 0.1) is 19.7 Å². The number of rotatable bonds is 3. The van der Waals surface area contributed by atoms with Gasteiger partial charge in [-0.2, -0.15) is 0 Å². The third kappa shape index (κ3) is 2.80. The van der Waals surface area contributed by atoms with Gasteiger partial charge in [0.25, 0.3) is 0 Å². The lowest BCUT2D eigenvalue weighted by molar-refractivity contribution is 0.306. The van der Waals surface area contributed by atoms with E-state index in [4.69, 9.17) is 10.5 Å². The van der Waals surface area contributed by atoms with E-state index in [1.54, 1.807) is 6.07 Å². The van der Waals surface area contributed by atoms with Crippen LogP contribution in [-0.2, 0) is 6.61 Å². The summed E-state index contributed by atoms with van der Waals surface area (Å²) in [5.41, 5.74) is 9.50. The molecule has 2 aromatic carbocycles. The first kappa shape index (κ1) is 12.4. The van der Waals surface area contributed by atoms with Crippen LogP contribution in [0.1, 0.15) is 16.7 Å². The SMILES string of the molecule is Cc1ccc(COc2ccc(F)cc2N)c(C)c1. The first-order valence-electron chi connectivity index (χ1n) is 5.80. The standard InChI is InChI=1S/C15H16FNO/c1-10-3-4-12(11(2)7-10)9-18-15-6-5-13(16)8-14(15)17/h3-8H,9,17H2,1-2H3. The summed E-state index contributed by atoms with van der Waals surface area (Å²) in [6.45, 7) is 4.53. The van der Waals surface area contributed by atoms with E-state index < -0.39 is 0 Å². The molecule has 0 fully saturated rings. The lowest BCUT2D eigenvalue weighted by Crippen LogP contribution is -2.01. The molecule has 0 aliphatic carbocycles. The van der Waals surface area contributed by atoms with Gasteiger partial charge in [-0.05, 0) is 37.1 Å². The van der Waals surface area contributed by atoms with E-state index in [1.807, 2.05) is 19.1 Å². The van der Waals surface area contributed by atoms with E-state index >= 15 is 0 Å². The summed E-state index contributed by atoms with van der Waals surface area (Å²) in [4.78, 5) is 0. The number of hydrogen-bond donors (Lipinski definition) is 1. The Hall–Kier alpha value is -2.03. The summed E-state index contributed by atoms with van der Waals surface area (Å²) in [6.07, 6.45) is 0. The minimum absolute atomic E-state index is 0.319. The highest BCUT2D eigenvalue weighted by molar-refractivity contribution is 5.52. The molecule has 0 unspecified atom stereocenters. The van der Waals surface area contributed by atoms with Crippen molar-refractivity contribution in [2.24, 2.45) is 0 Å². The normalized spacial score (nSPS) is 10.4. The quantitative estimate of drug-likeness (QED) is 0.838. The molecule has 2 N–H and O–H groups in total. The van der Waals surface area contributed by atoms with E-state index in [-0.39, 0.29) is 5.82 Å². The Bertz CT molecular complexity index is 515. The Balaban J connectivity index is 2.11. The van der Waals surface area contributed by atoms with E-state index in [0.29, 0.717) is 18.0 Å². The maximum Gasteiger partial charge on any atom is 0.142 e. The second kappa shape index (κ2) is 5.08. The number of hydrogen-bond acceptors (Lipinski definition) is 2. The molecule has 18 heavy (non-hydrogen) atoms. The lowest BCUT2D eigenvalue weighted by Gasteiger charge is -2.11. The van der Waals surface area contributed by atoms with Gasteiger partial charge in [-0.3, -0.25) is 0 Å². The highest BCUT2D eigenvalue weighted by atomic mass is 19.1. The molecule has 0 amide bonds. The average Bonchev–Trinajstić information content (AvgIpc) is 2.30. The monoisotopic (exact) mass is 245 g/mol. The zero-order chi connectivity index (χ0) is 13.1. The van der Waals surface area contributed by atoms with Crippen LogP contribution < -0.4 is 10.5 Å². The Labute approximate surface area is 106 Å². The molecule has 0 saturated carbocycles. The van der Waals surface area contributed by atoms with Crippen LogP contribution in [0.4, 0.5) is 10.1 Å². The molecule has 2 aromatic rings. The Morgan fingerprint density at radius 3 is 2.56 bits per heavy atom. The Morgan fingerprint density at radius 2 is 1.89 bits per heavy atom. The van der Waals surface area contributed by atoms with Crippen molar-refractivity contribution in [3.8, 4) is 5.75 Å². The highest BCUT2D eigenvalue weighted by Crippen LogP contribution is 2.23. The minimum Gasteiger partial charge on any atom is -0.487 e. The number of anilines is 1. The van der Waals surface area contributed by atoms with Gasteiger partial charge in [0, 0.05) is 6.07 Å². The van der Waals surface area contributed by atoms with Crippen LogP contribution in [0.3, 0.4) is 0 Å². The maximum absolute atomic E-state index is 12.9. The van der Waals surface area contributed by atoms with Crippen molar-refractivity contribution in [3.63, 3.8) is 0 Å². The minimum atomic E-state index is -0.355. The molecule has 94 valence electrons. The molecule has 3 heteroatoms. The average molecular weight is 245 g/mol. The summed E-state index contributed by atoms with van der Waals surface area (Å²) in [7, 11) is 0. The lowest BCUT2D eigenvalue weighted by atomic mass is 10.1. The van der Waals surface area contributed by atoms with Crippen LogP contribution in [-0.4, -0.2) is 0 Å². The third-order valence-corrected chi connectivity index (χ3v) is 2.85. The molecular formula is C15H16FNO. The van der Waals surface area contributed by atoms with Crippen LogP contribution >= 0.6 is 0 Å². The summed E-state index contributed by atoms with van der Waals surface area (Å²) in [6, 6.07) is 10.3. The zero-order valence-corrected chi connectivity index (χ0v) is 10.5.